The van der Waals surface area contributed by atoms with Crippen LogP contribution in [0.5, 0.6) is 5.75 Å². The molecule has 1 aromatic rings. The minimum absolute atomic E-state index is 0.00872. The van der Waals surface area contributed by atoms with Crippen LogP contribution in [0.1, 0.15) is 31.9 Å². The molecule has 0 radical (unpaired) electrons. The largest absolute Gasteiger partial charge is 0.491 e. The molecule has 164 valence electrons. The predicted molar refractivity (Wildman–Crippen MR) is 105 cm³/mol. The maximum absolute atomic E-state index is 13.2. The minimum Gasteiger partial charge on any atom is -0.491 e. The number of halogens is 3. The first kappa shape index (κ1) is 22.2. The van der Waals surface area contributed by atoms with Crippen molar-refractivity contribution in [1.29, 1.82) is 0 Å². The van der Waals surface area contributed by atoms with E-state index in [0.717, 1.165) is 12.1 Å². The molecule has 2 heterocycles. The molecule has 0 aliphatic carbocycles. The van der Waals surface area contributed by atoms with Crippen molar-refractivity contribution >= 4 is 6.03 Å². The summed E-state index contributed by atoms with van der Waals surface area (Å²) >= 11 is 0. The Kier molecular flexibility index (Phi) is 5.94. The highest BCUT2D eigenvalue weighted by atomic mass is 19.4. The number of urea groups is 1. The molecule has 2 fully saturated rings. The van der Waals surface area contributed by atoms with Crippen LogP contribution in [0.2, 0.25) is 0 Å². The number of benzene rings is 1. The van der Waals surface area contributed by atoms with Crippen LogP contribution in [-0.4, -0.2) is 60.5 Å². The zero-order valence-corrected chi connectivity index (χ0v) is 17.2. The van der Waals surface area contributed by atoms with Gasteiger partial charge in [0.1, 0.15) is 18.5 Å². The molecule has 1 atom stereocenters. The molecule has 3 N–H and O–H groups in total. The number of aliphatic hydroxyl groups excluding tert-OH is 1. The van der Waals surface area contributed by atoms with Gasteiger partial charge in [-0.15, -0.1) is 0 Å². The lowest BCUT2D eigenvalue weighted by Gasteiger charge is -2.47. The number of rotatable bonds is 5. The fourth-order valence-corrected chi connectivity index (χ4v) is 3.43. The first-order chi connectivity index (χ1) is 13.8. The van der Waals surface area contributed by atoms with Gasteiger partial charge in [-0.25, -0.2) is 4.79 Å². The number of ether oxygens (including phenoxy) is 1. The minimum atomic E-state index is -4.53. The highest BCUT2D eigenvalue weighted by Crippen LogP contribution is 2.33. The summed E-state index contributed by atoms with van der Waals surface area (Å²) in [7, 11) is 0. The zero-order chi connectivity index (χ0) is 22.2. The normalized spacial score (nSPS) is 19.4. The van der Waals surface area contributed by atoms with Crippen molar-refractivity contribution in [3.63, 3.8) is 0 Å². The molecule has 1 unspecified atom stereocenters. The summed E-state index contributed by atoms with van der Waals surface area (Å²) in [5.41, 5.74) is -1.28. The molecule has 2 saturated heterocycles. The average molecular weight is 425 g/mol. The van der Waals surface area contributed by atoms with Crippen molar-refractivity contribution in [1.82, 2.24) is 15.5 Å². The van der Waals surface area contributed by atoms with Gasteiger partial charge >= 0.3 is 12.2 Å². The standard InChI is InChI=1S/C21H26F3N3O3/c1-19(2,3)5-4-14-6-15(21(22,23)24)8-17(7-14)30-10-16(28)9-27-12-20(13-27)11-25-18(29)26-20/h6-8,16,28H,9-13H2,1-3H3,(H2,25,26,29). The quantitative estimate of drug-likeness (QED) is 0.633. The second kappa shape index (κ2) is 8.00. The molecular weight excluding hydrogens is 399 g/mol. The van der Waals surface area contributed by atoms with Crippen molar-refractivity contribution in [2.45, 2.75) is 38.6 Å². The highest BCUT2D eigenvalue weighted by Gasteiger charge is 2.47. The molecule has 30 heavy (non-hydrogen) atoms. The van der Waals surface area contributed by atoms with Crippen molar-refractivity contribution in [3.8, 4) is 17.6 Å². The Labute approximate surface area is 173 Å². The molecule has 2 aliphatic rings. The van der Waals surface area contributed by atoms with Gasteiger partial charge in [0.25, 0.3) is 0 Å². The SMILES string of the molecule is CC(C)(C)C#Cc1cc(OCC(O)CN2CC3(CNC(=O)N3)C2)cc(C(F)(F)F)c1. The van der Waals surface area contributed by atoms with E-state index in [1.54, 1.807) is 0 Å². The zero-order valence-electron chi connectivity index (χ0n) is 17.2. The van der Waals surface area contributed by atoms with Crippen LogP contribution in [0.25, 0.3) is 0 Å². The predicted octanol–water partition coefficient (Wildman–Crippen LogP) is 2.21. The van der Waals surface area contributed by atoms with Gasteiger partial charge in [0.05, 0.1) is 11.1 Å². The summed E-state index contributed by atoms with van der Waals surface area (Å²) in [6.07, 6.45) is -5.41. The number of nitrogens with zero attached hydrogens (tertiary/aromatic N) is 1. The van der Waals surface area contributed by atoms with Crippen LogP contribution < -0.4 is 15.4 Å². The summed E-state index contributed by atoms with van der Waals surface area (Å²) < 4.78 is 45.1. The van der Waals surface area contributed by atoms with Gasteiger partial charge in [-0.1, -0.05) is 11.8 Å². The van der Waals surface area contributed by atoms with Gasteiger partial charge in [0, 0.05) is 37.2 Å². The van der Waals surface area contributed by atoms with Gasteiger partial charge in [0.2, 0.25) is 0 Å². The number of likely N-dealkylation sites (tertiary alicyclic amines) is 1. The molecule has 2 amide bonds. The molecular formula is C21H26F3N3O3. The van der Waals surface area contributed by atoms with Crippen LogP contribution in [0.4, 0.5) is 18.0 Å². The number of aliphatic hydroxyl groups is 1. The number of carbonyl (C=O) groups is 1. The fraction of sp³-hybridized carbons (Fsp3) is 0.571. The number of hydrogen-bond donors (Lipinski definition) is 3. The molecule has 9 heteroatoms. The van der Waals surface area contributed by atoms with E-state index in [1.807, 2.05) is 25.7 Å². The summed E-state index contributed by atoms with van der Waals surface area (Å²) in [6.45, 7) is 7.49. The summed E-state index contributed by atoms with van der Waals surface area (Å²) in [6, 6.07) is 3.14. The van der Waals surface area contributed by atoms with Gasteiger partial charge < -0.3 is 20.5 Å². The lowest BCUT2D eigenvalue weighted by molar-refractivity contribution is -0.137. The smallest absolute Gasteiger partial charge is 0.416 e. The Morgan fingerprint density at radius 3 is 2.53 bits per heavy atom. The number of amides is 2. The van der Waals surface area contributed by atoms with Crippen LogP contribution >= 0.6 is 0 Å². The van der Waals surface area contributed by atoms with E-state index < -0.39 is 17.8 Å². The molecule has 0 saturated carbocycles. The number of β-amino-alcohol motifs (C(OH)–C–C–N with tert-alkyl or cyclic N) is 1. The van der Waals surface area contributed by atoms with Crippen molar-refractivity contribution in [3.05, 3.63) is 29.3 Å². The maximum Gasteiger partial charge on any atom is 0.416 e. The first-order valence-corrected chi connectivity index (χ1v) is 9.68. The van der Waals surface area contributed by atoms with E-state index in [-0.39, 0.29) is 34.9 Å². The summed E-state index contributed by atoms with van der Waals surface area (Å²) in [4.78, 5) is 13.2. The Balaban J connectivity index is 1.59. The molecule has 1 aromatic carbocycles. The van der Waals surface area contributed by atoms with Crippen LogP contribution in [-0.2, 0) is 6.18 Å². The molecule has 0 aromatic heterocycles. The fourth-order valence-electron chi connectivity index (χ4n) is 3.43. The Bertz CT molecular complexity index is 862. The second-order valence-corrected chi connectivity index (χ2v) is 8.97. The number of carbonyl (C=O) groups excluding carboxylic acids is 1. The van der Waals surface area contributed by atoms with Crippen molar-refractivity contribution in [2.75, 3.05) is 32.8 Å². The third-order valence-electron chi connectivity index (χ3n) is 4.75. The first-order valence-electron chi connectivity index (χ1n) is 9.68. The highest BCUT2D eigenvalue weighted by molar-refractivity contribution is 5.78. The van der Waals surface area contributed by atoms with E-state index in [2.05, 4.69) is 22.5 Å². The third kappa shape index (κ3) is 5.80. The second-order valence-electron chi connectivity index (χ2n) is 8.97. The average Bonchev–Trinajstić information content (AvgIpc) is 2.98. The van der Waals surface area contributed by atoms with E-state index in [1.165, 1.54) is 6.07 Å². The summed E-state index contributed by atoms with van der Waals surface area (Å²) in [5.74, 6) is 5.69. The van der Waals surface area contributed by atoms with Crippen molar-refractivity contribution < 1.29 is 27.8 Å². The van der Waals surface area contributed by atoms with Gasteiger partial charge in [-0.3, -0.25) is 4.90 Å². The van der Waals surface area contributed by atoms with Crippen molar-refractivity contribution in [2.24, 2.45) is 5.41 Å². The van der Waals surface area contributed by atoms with Crippen LogP contribution in [0, 0.1) is 17.3 Å². The van der Waals surface area contributed by atoms with E-state index >= 15 is 0 Å². The van der Waals surface area contributed by atoms with Crippen LogP contribution in [0.15, 0.2) is 18.2 Å². The van der Waals surface area contributed by atoms with Gasteiger partial charge in [-0.05, 0) is 39.0 Å². The number of nitrogens with one attached hydrogen (secondary N) is 2. The van der Waals surface area contributed by atoms with Gasteiger partial charge in [-0.2, -0.15) is 13.2 Å². The number of hydrogen-bond acceptors (Lipinski definition) is 4. The molecule has 0 bridgehead atoms. The molecule has 3 rings (SSSR count). The van der Waals surface area contributed by atoms with E-state index in [4.69, 9.17) is 4.74 Å². The van der Waals surface area contributed by atoms with E-state index in [9.17, 15) is 23.1 Å². The Morgan fingerprint density at radius 2 is 1.97 bits per heavy atom. The summed E-state index contributed by atoms with van der Waals surface area (Å²) in [5, 5.41) is 15.8. The Hall–Kier alpha value is -2.44. The third-order valence-corrected chi connectivity index (χ3v) is 4.75. The maximum atomic E-state index is 13.2. The molecule has 2 aliphatic heterocycles. The lowest BCUT2D eigenvalue weighted by atomic mass is 9.91. The van der Waals surface area contributed by atoms with Crippen LogP contribution in [0.3, 0.4) is 0 Å². The number of alkyl halides is 3. The lowest BCUT2D eigenvalue weighted by Crippen LogP contribution is -2.69. The molecule has 1 spiro atoms. The van der Waals surface area contributed by atoms with Gasteiger partial charge in [0.15, 0.2) is 0 Å². The molecule has 6 nitrogen and oxygen atoms in total. The van der Waals surface area contributed by atoms with E-state index in [0.29, 0.717) is 26.2 Å². The monoisotopic (exact) mass is 425 g/mol. The topological polar surface area (TPSA) is 73.8 Å². The Morgan fingerprint density at radius 1 is 1.27 bits per heavy atom.